The third kappa shape index (κ3) is 7.71. The number of allylic oxidation sites excluding steroid dienone is 4. The number of ether oxygens (including phenoxy) is 2. The molecule has 0 saturated heterocycles. The number of benzene rings is 2. The minimum Gasteiger partial charge on any atom is -0.482 e. The summed E-state index contributed by atoms with van der Waals surface area (Å²) >= 11 is 0. The first-order chi connectivity index (χ1) is 21.1. The summed E-state index contributed by atoms with van der Waals surface area (Å²) in [5.41, 5.74) is 17.9. The van der Waals surface area contributed by atoms with E-state index >= 15 is 0 Å². The fraction of sp³-hybridized carbons (Fsp3) is 0.512. The number of nitrogens with two attached hydrogens (primary N) is 2. The maximum atomic E-state index is 6.99. The predicted molar refractivity (Wildman–Crippen MR) is 192 cm³/mol. The fourth-order valence-corrected chi connectivity index (χ4v) is 6.79. The maximum absolute atomic E-state index is 6.99. The molecule has 2 aliphatic rings. The molecule has 0 amide bonds. The third-order valence-electron chi connectivity index (χ3n) is 10.2. The molecule has 0 bridgehead atoms. The molecule has 0 heterocycles. The molecule has 4 N–H and O–H groups in total. The molecule has 244 valence electrons. The lowest BCUT2D eigenvalue weighted by Crippen LogP contribution is -2.50. The highest BCUT2D eigenvalue weighted by atomic mass is 16.5. The van der Waals surface area contributed by atoms with Gasteiger partial charge in [-0.2, -0.15) is 0 Å². The molecule has 4 nitrogen and oxygen atoms in total. The first kappa shape index (κ1) is 34.5. The van der Waals surface area contributed by atoms with Crippen LogP contribution < -0.4 is 20.9 Å². The number of rotatable bonds is 11. The van der Waals surface area contributed by atoms with E-state index in [4.69, 9.17) is 20.9 Å². The summed E-state index contributed by atoms with van der Waals surface area (Å²) in [5, 5.41) is 0. The third-order valence-corrected chi connectivity index (χ3v) is 10.2. The molecule has 45 heavy (non-hydrogen) atoms. The van der Waals surface area contributed by atoms with Crippen LogP contribution in [0.5, 0.6) is 11.5 Å². The molecule has 2 atom stereocenters. The van der Waals surface area contributed by atoms with Crippen molar-refractivity contribution >= 4 is 11.4 Å². The molecule has 0 fully saturated rings. The number of hydrogen-bond acceptors (Lipinski definition) is 4. The van der Waals surface area contributed by atoms with E-state index < -0.39 is 11.2 Å². The molecule has 2 aromatic rings. The minimum atomic E-state index is -0.500. The lowest BCUT2D eigenvalue weighted by Gasteiger charge is -2.48. The highest BCUT2D eigenvalue weighted by Gasteiger charge is 2.49. The van der Waals surface area contributed by atoms with E-state index in [2.05, 4.69) is 86.6 Å². The largest absolute Gasteiger partial charge is 0.482 e. The summed E-state index contributed by atoms with van der Waals surface area (Å²) in [6, 6.07) is 15.7. The van der Waals surface area contributed by atoms with Gasteiger partial charge in [0.15, 0.2) is 0 Å². The van der Waals surface area contributed by atoms with Crippen molar-refractivity contribution in [1.29, 1.82) is 0 Å². The van der Waals surface area contributed by atoms with Crippen LogP contribution in [0.15, 0.2) is 95.1 Å². The normalized spacial score (nSPS) is 23.0. The quantitative estimate of drug-likeness (QED) is 0.196. The first-order valence-corrected chi connectivity index (χ1v) is 17.0. The van der Waals surface area contributed by atoms with Crippen LogP contribution in [-0.2, 0) is 0 Å². The van der Waals surface area contributed by atoms with Crippen molar-refractivity contribution in [2.45, 2.75) is 118 Å². The highest BCUT2D eigenvalue weighted by Crippen LogP contribution is 2.51. The fourth-order valence-electron chi connectivity index (χ4n) is 6.79. The van der Waals surface area contributed by atoms with Crippen molar-refractivity contribution in [3.05, 3.63) is 95.1 Å². The van der Waals surface area contributed by atoms with E-state index in [1.807, 2.05) is 48.5 Å². The van der Waals surface area contributed by atoms with Crippen LogP contribution in [0.25, 0.3) is 0 Å². The van der Waals surface area contributed by atoms with Crippen LogP contribution >= 0.6 is 0 Å². The van der Waals surface area contributed by atoms with Gasteiger partial charge in [-0.3, -0.25) is 0 Å². The summed E-state index contributed by atoms with van der Waals surface area (Å²) in [6.45, 7) is 20.6. The Labute approximate surface area is 273 Å². The van der Waals surface area contributed by atoms with Gasteiger partial charge in [-0.1, -0.05) is 109 Å². The Bertz CT molecular complexity index is 1320. The van der Waals surface area contributed by atoms with Crippen LogP contribution in [0.2, 0.25) is 0 Å². The monoisotopic (exact) mass is 610 g/mol. The summed E-state index contributed by atoms with van der Waals surface area (Å²) in [6.07, 6.45) is 17.0. The van der Waals surface area contributed by atoms with Gasteiger partial charge in [0.25, 0.3) is 0 Å². The average Bonchev–Trinajstić information content (AvgIpc) is 2.97. The molecule has 2 aliphatic carbocycles. The van der Waals surface area contributed by atoms with E-state index in [9.17, 15) is 0 Å². The minimum absolute atomic E-state index is 0.146. The highest BCUT2D eigenvalue weighted by molar-refractivity contribution is 5.47. The Hall–Kier alpha value is -3.40. The van der Waals surface area contributed by atoms with E-state index in [1.54, 1.807) is 0 Å². The van der Waals surface area contributed by atoms with E-state index in [1.165, 1.54) is 48.0 Å². The summed E-state index contributed by atoms with van der Waals surface area (Å²) < 4.78 is 14.0. The zero-order valence-electron chi connectivity index (χ0n) is 29.4. The average molecular weight is 611 g/mol. The van der Waals surface area contributed by atoms with Gasteiger partial charge < -0.3 is 20.9 Å². The molecule has 0 saturated carbocycles. The van der Waals surface area contributed by atoms with Crippen LogP contribution in [0.3, 0.4) is 0 Å². The Balaban J connectivity index is 1.77. The Kier molecular flexibility index (Phi) is 10.4. The Morgan fingerprint density at radius 3 is 1.40 bits per heavy atom. The molecule has 0 aliphatic heterocycles. The number of nitrogen functional groups attached to an aromatic ring is 2. The summed E-state index contributed by atoms with van der Waals surface area (Å²) in [4.78, 5) is 0. The van der Waals surface area contributed by atoms with Crippen molar-refractivity contribution < 1.29 is 9.47 Å². The molecule has 2 unspecified atom stereocenters. The predicted octanol–water partition coefficient (Wildman–Crippen LogP) is 11.0. The van der Waals surface area contributed by atoms with Crippen molar-refractivity contribution in [2.24, 2.45) is 16.7 Å². The molecule has 0 aromatic heterocycles. The van der Waals surface area contributed by atoms with Crippen molar-refractivity contribution in [3.8, 4) is 11.5 Å². The van der Waals surface area contributed by atoms with Gasteiger partial charge in [0.1, 0.15) is 22.7 Å². The van der Waals surface area contributed by atoms with Gasteiger partial charge in [0, 0.05) is 41.0 Å². The van der Waals surface area contributed by atoms with Gasteiger partial charge in [-0.25, -0.2) is 0 Å². The molecule has 0 spiro atoms. The molecule has 4 heteroatoms. The second-order valence-electron chi connectivity index (χ2n) is 15.5. The SMILES string of the molecule is CCCCCCC(C1=C(C)C=CC(Oc2ccc(N)cc2)(C(C)(C)C)C1)C1=C(C)C=CC(Oc2ccc(N)cc2)(C(C)(C)C)C1. The van der Waals surface area contributed by atoms with Crippen LogP contribution in [-0.4, -0.2) is 11.2 Å². The lowest BCUT2D eigenvalue weighted by molar-refractivity contribution is 0.00384. The summed E-state index contributed by atoms with van der Waals surface area (Å²) in [5.74, 6) is 1.99. The van der Waals surface area contributed by atoms with Gasteiger partial charge in [0.2, 0.25) is 0 Å². The van der Waals surface area contributed by atoms with Gasteiger partial charge in [-0.15, -0.1) is 0 Å². The van der Waals surface area contributed by atoms with Crippen LogP contribution in [0.1, 0.15) is 107 Å². The van der Waals surface area contributed by atoms with Crippen LogP contribution in [0.4, 0.5) is 11.4 Å². The van der Waals surface area contributed by atoms with Crippen molar-refractivity contribution in [1.82, 2.24) is 0 Å². The Morgan fingerprint density at radius 1 is 0.644 bits per heavy atom. The zero-order valence-corrected chi connectivity index (χ0v) is 29.4. The second kappa shape index (κ2) is 13.5. The van der Waals surface area contributed by atoms with E-state index in [0.717, 1.165) is 42.1 Å². The molecular weight excluding hydrogens is 552 g/mol. The maximum Gasteiger partial charge on any atom is 0.136 e. The van der Waals surface area contributed by atoms with Gasteiger partial charge in [-0.05, 0) is 81.0 Å². The molecule has 4 rings (SSSR count). The summed E-state index contributed by atoms with van der Waals surface area (Å²) in [7, 11) is 0. The van der Waals surface area contributed by atoms with E-state index in [0.29, 0.717) is 5.92 Å². The topological polar surface area (TPSA) is 70.5 Å². The molecule has 2 aromatic carbocycles. The standard InChI is InChI=1S/C41H58N2O2/c1-10-11-12-13-14-35(36-27-40(38(4,5)6,25-23-29(36)2)44-33-19-15-31(42)16-20-33)37-28-41(39(7,8)9,26-24-30(37)3)45-34-21-17-32(43)18-22-34/h15-26,35H,10-14,27-28,42-43H2,1-9H3. The Morgan fingerprint density at radius 2 is 1.04 bits per heavy atom. The number of unbranched alkanes of at least 4 members (excludes halogenated alkanes) is 3. The number of hydrogen-bond donors (Lipinski definition) is 2. The first-order valence-electron chi connectivity index (χ1n) is 17.0. The zero-order chi connectivity index (χ0) is 33.0. The number of anilines is 2. The lowest BCUT2D eigenvalue weighted by atomic mass is 9.63. The van der Waals surface area contributed by atoms with Crippen LogP contribution in [0, 0.1) is 16.7 Å². The molecule has 0 radical (unpaired) electrons. The van der Waals surface area contributed by atoms with Crippen molar-refractivity contribution in [2.75, 3.05) is 11.5 Å². The van der Waals surface area contributed by atoms with Crippen molar-refractivity contribution in [3.63, 3.8) is 0 Å². The second-order valence-corrected chi connectivity index (χ2v) is 15.5. The smallest absolute Gasteiger partial charge is 0.136 e. The van der Waals surface area contributed by atoms with Gasteiger partial charge >= 0.3 is 0 Å². The molecular formula is C41H58N2O2. The van der Waals surface area contributed by atoms with E-state index in [-0.39, 0.29) is 10.8 Å². The van der Waals surface area contributed by atoms with Gasteiger partial charge in [0.05, 0.1) is 0 Å².